The van der Waals surface area contributed by atoms with E-state index in [1.165, 1.54) is 0 Å². The van der Waals surface area contributed by atoms with Crippen LogP contribution in [-0.2, 0) is 13.6 Å². The average Bonchev–Trinajstić information content (AvgIpc) is 2.92. The molecule has 3 rings (SSSR count). The fraction of sp³-hybridized carbons (Fsp3) is 0.222. The molecule has 0 bridgehead atoms. The summed E-state index contributed by atoms with van der Waals surface area (Å²) in [7, 11) is 1.69. The van der Waals surface area contributed by atoms with E-state index in [9.17, 15) is 9.59 Å². The molecule has 6 nitrogen and oxygen atoms in total. The summed E-state index contributed by atoms with van der Waals surface area (Å²) in [5.41, 5.74) is 5.12. The van der Waals surface area contributed by atoms with Crippen molar-refractivity contribution in [3.8, 4) is 0 Å². The van der Waals surface area contributed by atoms with Gasteiger partial charge in [0.25, 0.3) is 11.8 Å². The number of hydroxylamine groups is 1. The molecule has 0 unspecified atom stereocenters. The Kier molecular flexibility index (Phi) is 5.09. The highest BCUT2D eigenvalue weighted by atomic mass is 35.5. The molecule has 0 fully saturated rings. The van der Waals surface area contributed by atoms with Crippen molar-refractivity contribution in [1.82, 2.24) is 14.9 Å². The molecule has 136 valence electrons. The van der Waals surface area contributed by atoms with Gasteiger partial charge in [-0.25, -0.2) is 5.48 Å². The number of carbonyl (C=O) groups is 2. The number of fused-ring (bicyclic) bond motifs is 1. The normalized spacial score (nSPS) is 15.1. The maximum absolute atomic E-state index is 12.9. The van der Waals surface area contributed by atoms with E-state index in [0.29, 0.717) is 34.5 Å². The topological polar surface area (TPSA) is 74.6 Å². The van der Waals surface area contributed by atoms with Crippen LogP contribution in [0.5, 0.6) is 0 Å². The Morgan fingerprint density at radius 2 is 1.96 bits per heavy atom. The van der Waals surface area contributed by atoms with E-state index in [2.05, 4.69) is 0 Å². The van der Waals surface area contributed by atoms with Gasteiger partial charge >= 0.3 is 0 Å². The number of rotatable bonds is 2. The molecule has 8 heteroatoms. The smallest absolute Gasteiger partial charge is 0.274 e. The van der Waals surface area contributed by atoms with Crippen LogP contribution in [0.4, 0.5) is 0 Å². The Morgan fingerprint density at radius 1 is 1.23 bits per heavy atom. The largest absolute Gasteiger partial charge is 0.329 e. The molecule has 0 saturated heterocycles. The number of benzene rings is 1. The van der Waals surface area contributed by atoms with E-state index in [-0.39, 0.29) is 5.91 Å². The summed E-state index contributed by atoms with van der Waals surface area (Å²) in [6.07, 6.45) is 1.91. The minimum atomic E-state index is -0.574. The number of aromatic nitrogens is 1. The Bertz CT molecular complexity index is 934. The Hall–Kier alpha value is -2.28. The lowest BCUT2D eigenvalue weighted by molar-refractivity contribution is 0.0704. The number of carbonyl (C=O) groups excluding carboxylic acids is 2. The first-order chi connectivity index (χ1) is 12.4. The van der Waals surface area contributed by atoms with Crippen LogP contribution >= 0.6 is 23.2 Å². The van der Waals surface area contributed by atoms with E-state index in [4.69, 9.17) is 28.4 Å². The first kappa shape index (κ1) is 18.5. The van der Waals surface area contributed by atoms with Gasteiger partial charge in [-0.2, -0.15) is 0 Å². The van der Waals surface area contributed by atoms with Crippen molar-refractivity contribution in [3.63, 3.8) is 0 Å². The molecule has 0 atom stereocenters. The number of nitrogens with one attached hydrogen (secondary N) is 1. The second-order valence-corrected chi connectivity index (χ2v) is 6.78. The Balaban J connectivity index is 1.96. The van der Waals surface area contributed by atoms with Gasteiger partial charge < -0.3 is 9.47 Å². The molecule has 2 amide bonds. The van der Waals surface area contributed by atoms with Crippen molar-refractivity contribution >= 4 is 40.6 Å². The molecule has 1 aromatic heterocycles. The number of nitrogens with zero attached hydrogens (tertiary/aromatic N) is 2. The summed E-state index contributed by atoms with van der Waals surface area (Å²) in [4.78, 5) is 26.3. The fourth-order valence-corrected chi connectivity index (χ4v) is 3.45. The van der Waals surface area contributed by atoms with Crippen LogP contribution in [0, 0.1) is 0 Å². The van der Waals surface area contributed by atoms with E-state index >= 15 is 0 Å². The first-order valence-electron chi connectivity index (χ1n) is 7.90. The zero-order valence-corrected chi connectivity index (χ0v) is 15.7. The van der Waals surface area contributed by atoms with Crippen LogP contribution < -0.4 is 5.48 Å². The third kappa shape index (κ3) is 3.11. The van der Waals surface area contributed by atoms with Crippen LogP contribution in [0.15, 0.2) is 30.3 Å². The summed E-state index contributed by atoms with van der Waals surface area (Å²) >= 11 is 12.1. The van der Waals surface area contributed by atoms with Gasteiger partial charge in [0.15, 0.2) is 0 Å². The van der Waals surface area contributed by atoms with Crippen LogP contribution in [-0.4, -0.2) is 33.0 Å². The zero-order valence-electron chi connectivity index (χ0n) is 14.2. The molecule has 2 N–H and O–H groups in total. The predicted octanol–water partition coefficient (Wildman–Crippen LogP) is 3.51. The lowest BCUT2D eigenvalue weighted by Gasteiger charge is -2.31. The minimum absolute atomic E-state index is 0.177. The number of halogens is 2. The van der Waals surface area contributed by atoms with Crippen LogP contribution in [0.1, 0.15) is 38.9 Å². The van der Waals surface area contributed by atoms with E-state index in [1.807, 2.05) is 13.0 Å². The van der Waals surface area contributed by atoms with Gasteiger partial charge in [0.1, 0.15) is 10.8 Å². The molecule has 0 radical (unpaired) electrons. The van der Waals surface area contributed by atoms with Gasteiger partial charge in [-0.1, -0.05) is 35.3 Å². The standard InChI is InChI=1S/C18H17Cl2N3O3/c1-3-10-8-23(18(25)15-7-14(19)16(20)22(15)2)9-12-5-4-11(6-13(10)12)17(24)21-26/h3-7,26H,8-9H2,1-2H3,(H,21,24)/b10-3+. The predicted molar refractivity (Wildman–Crippen MR) is 99.5 cm³/mol. The minimum Gasteiger partial charge on any atom is -0.329 e. The fourth-order valence-electron chi connectivity index (χ4n) is 3.07. The highest BCUT2D eigenvalue weighted by molar-refractivity contribution is 6.41. The van der Waals surface area contributed by atoms with Gasteiger partial charge in [-0.05, 0) is 41.8 Å². The molecular weight excluding hydrogens is 377 g/mol. The molecule has 26 heavy (non-hydrogen) atoms. The van der Waals surface area contributed by atoms with Crippen molar-refractivity contribution in [2.24, 2.45) is 7.05 Å². The molecule has 1 aromatic carbocycles. The van der Waals surface area contributed by atoms with E-state index in [0.717, 1.165) is 16.7 Å². The van der Waals surface area contributed by atoms with Crippen molar-refractivity contribution in [1.29, 1.82) is 0 Å². The zero-order chi connectivity index (χ0) is 19.0. The number of allylic oxidation sites excluding steroid dienone is 1. The molecule has 0 aliphatic carbocycles. The van der Waals surface area contributed by atoms with Crippen LogP contribution in [0.25, 0.3) is 5.57 Å². The Morgan fingerprint density at radius 3 is 2.54 bits per heavy atom. The van der Waals surface area contributed by atoms with Gasteiger partial charge in [0.05, 0.1) is 5.02 Å². The summed E-state index contributed by atoms with van der Waals surface area (Å²) in [6, 6.07) is 6.68. The number of hydrogen-bond donors (Lipinski definition) is 2. The van der Waals surface area contributed by atoms with Crippen molar-refractivity contribution in [2.45, 2.75) is 13.5 Å². The number of hydrogen-bond acceptors (Lipinski definition) is 3. The average molecular weight is 394 g/mol. The summed E-state index contributed by atoms with van der Waals surface area (Å²) < 4.78 is 1.56. The van der Waals surface area contributed by atoms with Gasteiger partial charge in [-0.15, -0.1) is 0 Å². The van der Waals surface area contributed by atoms with Crippen molar-refractivity contribution in [2.75, 3.05) is 6.54 Å². The summed E-state index contributed by atoms with van der Waals surface area (Å²) in [5.74, 6) is -0.752. The molecule has 1 aliphatic heterocycles. The molecule has 0 spiro atoms. The second kappa shape index (κ2) is 7.15. The third-order valence-electron chi connectivity index (χ3n) is 4.51. The second-order valence-electron chi connectivity index (χ2n) is 6.02. The maximum atomic E-state index is 12.9. The molecule has 2 aromatic rings. The molecule has 1 aliphatic rings. The molecule has 0 saturated carbocycles. The number of amides is 2. The van der Waals surface area contributed by atoms with Crippen molar-refractivity contribution < 1.29 is 14.8 Å². The highest BCUT2D eigenvalue weighted by Gasteiger charge is 2.27. The Labute approximate surface area is 160 Å². The maximum Gasteiger partial charge on any atom is 0.274 e. The van der Waals surface area contributed by atoms with Gasteiger partial charge in [0.2, 0.25) is 0 Å². The van der Waals surface area contributed by atoms with Crippen LogP contribution in [0.3, 0.4) is 0 Å². The SMILES string of the molecule is C/C=C1\CN(C(=O)c2cc(Cl)c(Cl)n2C)Cc2ccc(C(=O)NO)cc21. The quantitative estimate of drug-likeness (QED) is 0.605. The van der Waals surface area contributed by atoms with Crippen LogP contribution in [0.2, 0.25) is 10.2 Å². The van der Waals surface area contributed by atoms with E-state index < -0.39 is 5.91 Å². The molecular formula is C18H17Cl2N3O3. The monoisotopic (exact) mass is 393 g/mol. The lowest BCUT2D eigenvalue weighted by atomic mass is 9.92. The summed E-state index contributed by atoms with van der Waals surface area (Å²) in [6.45, 7) is 2.67. The lowest BCUT2D eigenvalue weighted by Crippen LogP contribution is -2.36. The summed E-state index contributed by atoms with van der Waals surface area (Å²) in [5, 5.41) is 9.47. The third-order valence-corrected chi connectivity index (χ3v) is 5.36. The van der Waals surface area contributed by atoms with Gasteiger partial charge in [0, 0.05) is 25.7 Å². The first-order valence-corrected chi connectivity index (χ1v) is 8.65. The molecule has 2 heterocycles. The van der Waals surface area contributed by atoms with E-state index in [1.54, 1.807) is 46.3 Å². The van der Waals surface area contributed by atoms with Crippen molar-refractivity contribution in [3.05, 3.63) is 62.9 Å². The van der Waals surface area contributed by atoms with Gasteiger partial charge in [-0.3, -0.25) is 14.8 Å². The highest BCUT2D eigenvalue weighted by Crippen LogP contribution is 2.31.